The van der Waals surface area contributed by atoms with Gasteiger partial charge in [-0.1, -0.05) is 29.3 Å². The van der Waals surface area contributed by atoms with E-state index in [4.69, 9.17) is 27.9 Å². The summed E-state index contributed by atoms with van der Waals surface area (Å²) in [6, 6.07) is 3.99. The van der Waals surface area contributed by atoms with E-state index in [1.165, 1.54) is 20.1 Å². The van der Waals surface area contributed by atoms with E-state index in [1.807, 2.05) is 0 Å². The van der Waals surface area contributed by atoms with Gasteiger partial charge in [-0.3, -0.25) is 14.5 Å². The smallest absolute Gasteiger partial charge is 0.325 e. The second-order valence-electron chi connectivity index (χ2n) is 6.21. The Balaban J connectivity index is 2.33. The summed E-state index contributed by atoms with van der Waals surface area (Å²) in [4.78, 5) is 38.1. The largest absolute Gasteiger partial charge is 0.371 e. The number of hydrogen-bond acceptors (Lipinski definition) is 4. The third-order valence-electron chi connectivity index (χ3n) is 4.23. The summed E-state index contributed by atoms with van der Waals surface area (Å²) < 4.78 is 5.09. The van der Waals surface area contributed by atoms with Gasteiger partial charge < -0.3 is 10.1 Å². The number of amides is 3. The van der Waals surface area contributed by atoms with Crippen molar-refractivity contribution in [1.29, 1.82) is 0 Å². The summed E-state index contributed by atoms with van der Waals surface area (Å²) >= 11 is 12.0. The summed E-state index contributed by atoms with van der Waals surface area (Å²) in [7, 11) is 1.39. The second kappa shape index (κ2) is 6.35. The lowest BCUT2D eigenvalue weighted by molar-refractivity contribution is -0.142. The van der Waals surface area contributed by atoms with Gasteiger partial charge in [0, 0.05) is 22.7 Å². The van der Waals surface area contributed by atoms with Crippen molar-refractivity contribution >= 4 is 40.9 Å². The van der Waals surface area contributed by atoms with Crippen LogP contribution in [0.3, 0.4) is 0 Å². The molecule has 0 radical (unpaired) electrons. The van der Waals surface area contributed by atoms with Crippen LogP contribution in [0.25, 0.3) is 0 Å². The van der Waals surface area contributed by atoms with Crippen LogP contribution in [0.1, 0.15) is 26.3 Å². The molecule has 0 saturated carbocycles. The zero-order chi connectivity index (χ0) is 18.3. The summed E-state index contributed by atoms with van der Waals surface area (Å²) in [5.74, 6) is -0.947. The maximum absolute atomic E-state index is 12.8. The molecule has 3 amide bonds. The number of nitrogens with zero attached hydrogens (tertiary/aromatic N) is 1. The third kappa shape index (κ3) is 3.14. The lowest BCUT2D eigenvalue weighted by Gasteiger charge is -2.25. The number of carbonyl (C=O) groups is 3. The van der Waals surface area contributed by atoms with Crippen molar-refractivity contribution in [3.8, 4) is 0 Å². The molecule has 0 aromatic heterocycles. The van der Waals surface area contributed by atoms with Gasteiger partial charge in [-0.25, -0.2) is 4.79 Å². The van der Waals surface area contributed by atoms with Crippen LogP contribution in [0, 0.1) is 0 Å². The van der Waals surface area contributed by atoms with Crippen LogP contribution in [-0.2, 0) is 19.9 Å². The number of ether oxygens (including phenoxy) is 1. The Labute approximate surface area is 150 Å². The molecule has 0 aliphatic carbocycles. The third-order valence-corrected chi connectivity index (χ3v) is 4.78. The molecule has 6 nitrogen and oxygen atoms in total. The molecular formula is C16H18Cl2N2O4. The Morgan fingerprint density at radius 2 is 1.96 bits per heavy atom. The number of methoxy groups -OCH3 is 1. The van der Waals surface area contributed by atoms with Gasteiger partial charge in [-0.15, -0.1) is 0 Å². The fourth-order valence-electron chi connectivity index (χ4n) is 2.37. The van der Waals surface area contributed by atoms with Crippen molar-refractivity contribution in [2.75, 3.05) is 13.7 Å². The Hall–Kier alpha value is -1.63. The standard InChI is InChI=1S/C16H18Cl2N2O4/c1-15(2,24-4)12(21)8-20-13(22)16(3,19-14(20)23)10-6-5-9(17)7-11(10)18/h5-7H,8H2,1-4H3,(H,19,23)/t16-/m1/s1. The molecule has 0 unspecified atom stereocenters. The number of urea groups is 1. The molecular weight excluding hydrogens is 355 g/mol. The topological polar surface area (TPSA) is 75.7 Å². The van der Waals surface area contributed by atoms with Crippen LogP contribution in [0.5, 0.6) is 0 Å². The zero-order valence-corrected chi connectivity index (χ0v) is 15.3. The van der Waals surface area contributed by atoms with Crippen LogP contribution in [0.4, 0.5) is 4.79 Å². The van der Waals surface area contributed by atoms with Crippen LogP contribution in [-0.4, -0.2) is 41.9 Å². The molecule has 1 aromatic rings. The molecule has 1 atom stereocenters. The lowest BCUT2D eigenvalue weighted by atomic mass is 9.91. The molecule has 130 valence electrons. The van der Waals surface area contributed by atoms with Crippen molar-refractivity contribution in [3.63, 3.8) is 0 Å². The highest BCUT2D eigenvalue weighted by Crippen LogP contribution is 2.35. The monoisotopic (exact) mass is 372 g/mol. The van der Waals surface area contributed by atoms with E-state index in [0.717, 1.165) is 4.90 Å². The molecule has 0 spiro atoms. The van der Waals surface area contributed by atoms with Crippen molar-refractivity contribution in [2.24, 2.45) is 0 Å². The Bertz CT molecular complexity index is 720. The number of ketones is 1. The predicted octanol–water partition coefficient (Wildman–Crippen LogP) is 2.75. The Morgan fingerprint density at radius 3 is 2.50 bits per heavy atom. The second-order valence-corrected chi connectivity index (χ2v) is 7.05. The minimum absolute atomic E-state index is 0.254. The number of Topliss-reactive ketones (excluding diaryl/α,β-unsaturated/α-hetero) is 1. The van der Waals surface area contributed by atoms with Gasteiger partial charge in [0.2, 0.25) is 0 Å². The lowest BCUT2D eigenvalue weighted by Crippen LogP contribution is -2.45. The highest BCUT2D eigenvalue weighted by molar-refractivity contribution is 6.35. The fourth-order valence-corrected chi connectivity index (χ4v) is 2.96. The summed E-state index contributed by atoms with van der Waals surface area (Å²) in [5, 5.41) is 3.27. The molecule has 1 aliphatic heterocycles. The minimum atomic E-state index is -1.36. The molecule has 1 aliphatic rings. The van der Waals surface area contributed by atoms with Crippen molar-refractivity contribution < 1.29 is 19.1 Å². The number of halogens is 2. The van der Waals surface area contributed by atoms with Gasteiger partial charge >= 0.3 is 6.03 Å². The van der Waals surface area contributed by atoms with E-state index in [0.29, 0.717) is 10.6 Å². The number of hydrogen-bond donors (Lipinski definition) is 1. The number of imide groups is 1. The Kier molecular flexibility index (Phi) is 4.95. The van der Waals surface area contributed by atoms with Crippen molar-refractivity contribution in [1.82, 2.24) is 10.2 Å². The summed E-state index contributed by atoms with van der Waals surface area (Å²) in [6.07, 6.45) is 0. The number of benzene rings is 1. The maximum atomic E-state index is 12.8. The van der Waals surface area contributed by atoms with E-state index in [-0.39, 0.29) is 17.4 Å². The fraction of sp³-hybridized carbons (Fsp3) is 0.438. The molecule has 8 heteroatoms. The van der Waals surface area contributed by atoms with E-state index in [9.17, 15) is 14.4 Å². The normalized spacial score (nSPS) is 21.2. The highest BCUT2D eigenvalue weighted by atomic mass is 35.5. The van der Waals surface area contributed by atoms with Gasteiger partial charge in [-0.05, 0) is 32.9 Å². The van der Waals surface area contributed by atoms with Crippen LogP contribution >= 0.6 is 23.2 Å². The van der Waals surface area contributed by atoms with Gasteiger partial charge in [0.25, 0.3) is 5.91 Å². The molecule has 2 rings (SSSR count). The first-order valence-corrected chi connectivity index (χ1v) is 7.96. The molecule has 1 fully saturated rings. The van der Waals surface area contributed by atoms with Gasteiger partial charge in [0.15, 0.2) is 5.78 Å². The van der Waals surface area contributed by atoms with E-state index in [2.05, 4.69) is 5.32 Å². The first kappa shape index (κ1) is 18.7. The van der Waals surface area contributed by atoms with Crippen LogP contribution in [0.2, 0.25) is 10.0 Å². The molecule has 1 heterocycles. The van der Waals surface area contributed by atoms with E-state index < -0.39 is 23.1 Å². The quantitative estimate of drug-likeness (QED) is 0.806. The van der Waals surface area contributed by atoms with E-state index >= 15 is 0 Å². The molecule has 24 heavy (non-hydrogen) atoms. The van der Waals surface area contributed by atoms with Gasteiger partial charge in [-0.2, -0.15) is 0 Å². The number of rotatable bonds is 5. The summed E-state index contributed by atoms with van der Waals surface area (Å²) in [6.45, 7) is 4.30. The summed E-state index contributed by atoms with van der Waals surface area (Å²) in [5.41, 5.74) is -2.05. The first-order valence-electron chi connectivity index (χ1n) is 7.21. The Morgan fingerprint density at radius 1 is 1.33 bits per heavy atom. The van der Waals surface area contributed by atoms with Crippen molar-refractivity contribution in [2.45, 2.75) is 31.9 Å². The molecule has 1 saturated heterocycles. The first-order chi connectivity index (χ1) is 11.0. The van der Waals surface area contributed by atoms with Gasteiger partial charge in [0.1, 0.15) is 11.1 Å². The average molecular weight is 373 g/mol. The van der Waals surface area contributed by atoms with Crippen molar-refractivity contribution in [3.05, 3.63) is 33.8 Å². The molecule has 0 bridgehead atoms. The molecule has 1 aromatic carbocycles. The van der Waals surface area contributed by atoms with Crippen LogP contribution in [0.15, 0.2) is 18.2 Å². The highest BCUT2D eigenvalue weighted by Gasteiger charge is 2.51. The zero-order valence-electron chi connectivity index (χ0n) is 13.8. The number of nitrogens with one attached hydrogen (secondary N) is 1. The van der Waals surface area contributed by atoms with E-state index in [1.54, 1.807) is 26.0 Å². The predicted molar refractivity (Wildman–Crippen MR) is 90.2 cm³/mol. The number of carbonyl (C=O) groups excluding carboxylic acids is 3. The maximum Gasteiger partial charge on any atom is 0.325 e. The van der Waals surface area contributed by atoms with Gasteiger partial charge in [0.05, 0.1) is 6.54 Å². The van der Waals surface area contributed by atoms with Crippen LogP contribution < -0.4 is 5.32 Å². The molecule has 1 N–H and O–H groups in total. The SMILES string of the molecule is COC(C)(C)C(=O)CN1C(=O)N[C@](C)(c2ccc(Cl)cc2Cl)C1=O. The average Bonchev–Trinajstić information content (AvgIpc) is 2.71. The minimum Gasteiger partial charge on any atom is -0.371 e.